The molecule has 0 atom stereocenters. The van der Waals surface area contributed by atoms with E-state index in [1.54, 1.807) is 6.92 Å². The van der Waals surface area contributed by atoms with Crippen LogP contribution in [-0.4, -0.2) is 29.0 Å². The number of phenolic OH excluding ortho intramolecular Hbond substituents is 1. The van der Waals surface area contributed by atoms with Crippen LogP contribution in [0.3, 0.4) is 0 Å². The smallest absolute Gasteiger partial charge is 0.422 e. The van der Waals surface area contributed by atoms with E-state index in [0.29, 0.717) is 23.6 Å². The van der Waals surface area contributed by atoms with E-state index in [9.17, 15) is 23.1 Å². The fourth-order valence-electron chi connectivity index (χ4n) is 1.97. The lowest BCUT2D eigenvalue weighted by Gasteiger charge is -2.11. The molecular formula is C15H15F3N2O4. The third-order valence-electron chi connectivity index (χ3n) is 3.05. The highest BCUT2D eigenvalue weighted by molar-refractivity contribution is 6.05. The lowest BCUT2D eigenvalue weighted by Crippen LogP contribution is -2.19. The van der Waals surface area contributed by atoms with E-state index in [0.717, 1.165) is 18.2 Å². The van der Waals surface area contributed by atoms with Gasteiger partial charge in [-0.05, 0) is 19.1 Å². The molecule has 0 aliphatic carbocycles. The summed E-state index contributed by atoms with van der Waals surface area (Å²) in [7, 11) is 0. The minimum atomic E-state index is -4.52. The van der Waals surface area contributed by atoms with Crippen molar-refractivity contribution in [2.45, 2.75) is 26.4 Å². The molecule has 9 heteroatoms. The first-order valence-corrected chi connectivity index (χ1v) is 6.99. The average Bonchev–Trinajstić information content (AvgIpc) is 2.84. The van der Waals surface area contributed by atoms with Crippen molar-refractivity contribution in [3.63, 3.8) is 0 Å². The van der Waals surface area contributed by atoms with E-state index in [1.807, 2.05) is 6.92 Å². The highest BCUT2D eigenvalue weighted by Gasteiger charge is 2.28. The van der Waals surface area contributed by atoms with Gasteiger partial charge in [0, 0.05) is 18.1 Å². The van der Waals surface area contributed by atoms with E-state index in [1.165, 1.54) is 0 Å². The van der Waals surface area contributed by atoms with Crippen molar-refractivity contribution in [1.82, 2.24) is 5.16 Å². The summed E-state index contributed by atoms with van der Waals surface area (Å²) in [6, 6.07) is 3.21. The van der Waals surface area contributed by atoms with E-state index >= 15 is 0 Å². The number of aryl methyl sites for hydroxylation is 2. The molecule has 24 heavy (non-hydrogen) atoms. The summed E-state index contributed by atoms with van der Waals surface area (Å²) < 4.78 is 46.2. The number of aromatic nitrogens is 1. The number of benzene rings is 1. The van der Waals surface area contributed by atoms with Gasteiger partial charge in [-0.3, -0.25) is 4.79 Å². The van der Waals surface area contributed by atoms with Crippen LogP contribution in [0.25, 0.3) is 0 Å². The molecule has 0 aliphatic rings. The molecule has 0 bridgehead atoms. The zero-order chi connectivity index (χ0) is 17.9. The number of carbonyl (C=O) groups is 1. The van der Waals surface area contributed by atoms with Crippen molar-refractivity contribution in [3.05, 3.63) is 35.2 Å². The second kappa shape index (κ2) is 6.81. The van der Waals surface area contributed by atoms with Gasteiger partial charge >= 0.3 is 6.18 Å². The quantitative estimate of drug-likeness (QED) is 0.868. The fourth-order valence-corrected chi connectivity index (χ4v) is 1.97. The molecule has 0 radical (unpaired) electrons. The first-order chi connectivity index (χ1) is 11.2. The molecule has 6 nitrogen and oxygen atoms in total. The Hall–Kier alpha value is -2.71. The Morgan fingerprint density at radius 3 is 2.71 bits per heavy atom. The molecule has 1 aromatic carbocycles. The minimum Gasteiger partial charge on any atom is -0.508 e. The van der Waals surface area contributed by atoms with Crippen LogP contribution in [0.5, 0.6) is 11.5 Å². The number of nitrogens with zero attached hydrogens (tertiary/aromatic N) is 1. The SMILES string of the molecule is CCc1onc(C)c1NC(=O)c1cc(O)cc(OCC(F)(F)F)c1. The first-order valence-electron chi connectivity index (χ1n) is 6.99. The van der Waals surface area contributed by atoms with Gasteiger partial charge in [0.1, 0.15) is 22.9 Å². The number of phenols is 1. The second-order valence-electron chi connectivity index (χ2n) is 4.99. The van der Waals surface area contributed by atoms with E-state index in [-0.39, 0.29) is 11.3 Å². The highest BCUT2D eigenvalue weighted by Crippen LogP contribution is 2.26. The average molecular weight is 344 g/mol. The van der Waals surface area contributed by atoms with Crippen molar-refractivity contribution in [1.29, 1.82) is 0 Å². The van der Waals surface area contributed by atoms with Gasteiger partial charge in [-0.1, -0.05) is 12.1 Å². The number of nitrogens with one attached hydrogen (secondary N) is 1. The van der Waals surface area contributed by atoms with E-state index < -0.39 is 24.4 Å². The number of amides is 1. The van der Waals surface area contributed by atoms with Crippen molar-refractivity contribution in [2.75, 3.05) is 11.9 Å². The largest absolute Gasteiger partial charge is 0.508 e. The van der Waals surface area contributed by atoms with Crippen LogP contribution < -0.4 is 10.1 Å². The zero-order valence-electron chi connectivity index (χ0n) is 12.9. The number of halogens is 3. The Labute approximate surface area is 135 Å². The Morgan fingerprint density at radius 2 is 2.08 bits per heavy atom. The van der Waals surface area contributed by atoms with Crippen LogP contribution in [0.15, 0.2) is 22.7 Å². The lowest BCUT2D eigenvalue weighted by atomic mass is 10.1. The first kappa shape index (κ1) is 17.6. The molecule has 2 N–H and O–H groups in total. The van der Waals surface area contributed by atoms with Gasteiger partial charge in [-0.15, -0.1) is 0 Å². The molecule has 0 spiro atoms. The summed E-state index contributed by atoms with van der Waals surface area (Å²) in [4.78, 5) is 12.3. The summed E-state index contributed by atoms with van der Waals surface area (Å²) in [6.07, 6.45) is -4.03. The zero-order valence-corrected chi connectivity index (χ0v) is 12.9. The summed E-state index contributed by atoms with van der Waals surface area (Å²) in [5.74, 6) is -0.828. The van der Waals surface area contributed by atoms with Crippen molar-refractivity contribution in [2.24, 2.45) is 0 Å². The van der Waals surface area contributed by atoms with Crippen LogP contribution >= 0.6 is 0 Å². The molecule has 1 amide bonds. The molecule has 0 unspecified atom stereocenters. The molecule has 0 saturated heterocycles. The normalized spacial score (nSPS) is 11.4. The van der Waals surface area contributed by atoms with Gasteiger partial charge in [0.2, 0.25) is 0 Å². The van der Waals surface area contributed by atoms with Crippen LogP contribution in [-0.2, 0) is 6.42 Å². The Morgan fingerprint density at radius 1 is 1.38 bits per heavy atom. The highest BCUT2D eigenvalue weighted by atomic mass is 19.4. The Bertz CT molecular complexity index is 741. The number of carbonyl (C=O) groups excluding carboxylic acids is 1. The monoisotopic (exact) mass is 344 g/mol. The molecule has 1 heterocycles. The van der Waals surface area contributed by atoms with E-state index in [2.05, 4.69) is 15.2 Å². The lowest BCUT2D eigenvalue weighted by molar-refractivity contribution is -0.153. The third-order valence-corrected chi connectivity index (χ3v) is 3.05. The molecule has 2 rings (SSSR count). The van der Waals surface area contributed by atoms with Gasteiger partial charge < -0.3 is 19.7 Å². The minimum absolute atomic E-state index is 0.0603. The van der Waals surface area contributed by atoms with Crippen molar-refractivity contribution >= 4 is 11.6 Å². The summed E-state index contributed by atoms with van der Waals surface area (Å²) in [6.45, 7) is 1.92. The Balaban J connectivity index is 2.20. The van der Waals surface area contributed by atoms with Gasteiger partial charge in [0.05, 0.1) is 0 Å². The van der Waals surface area contributed by atoms with Crippen molar-refractivity contribution in [3.8, 4) is 11.5 Å². The summed E-state index contributed by atoms with van der Waals surface area (Å²) in [5, 5.41) is 15.9. The van der Waals surface area contributed by atoms with Crippen molar-refractivity contribution < 1.29 is 32.3 Å². The molecular weight excluding hydrogens is 329 g/mol. The number of hydrogen-bond donors (Lipinski definition) is 2. The third kappa shape index (κ3) is 4.40. The molecule has 0 aliphatic heterocycles. The standard InChI is InChI=1S/C15H15F3N2O4/c1-3-12-13(8(2)20-24-12)19-14(22)9-4-10(21)6-11(5-9)23-7-15(16,17)18/h4-6,21H,3,7H2,1-2H3,(H,19,22). The second-order valence-corrected chi connectivity index (χ2v) is 4.99. The molecule has 0 saturated carbocycles. The van der Waals surface area contributed by atoms with Gasteiger partial charge in [-0.25, -0.2) is 0 Å². The van der Waals surface area contributed by atoms with Gasteiger partial charge in [0.15, 0.2) is 12.4 Å². The van der Waals surface area contributed by atoms with E-state index in [4.69, 9.17) is 4.52 Å². The number of anilines is 1. The van der Waals surface area contributed by atoms with Crippen LogP contribution in [0.2, 0.25) is 0 Å². The van der Waals surface area contributed by atoms with Crippen LogP contribution in [0, 0.1) is 6.92 Å². The summed E-state index contributed by atoms with van der Waals surface area (Å²) in [5.41, 5.74) is 0.798. The molecule has 1 aromatic heterocycles. The maximum atomic E-state index is 12.3. The number of alkyl halides is 3. The molecule has 0 fully saturated rings. The predicted octanol–water partition coefficient (Wildman–Crippen LogP) is 3.44. The number of aromatic hydroxyl groups is 1. The van der Waals surface area contributed by atoms with Crippen LogP contribution in [0.4, 0.5) is 18.9 Å². The molecule has 2 aromatic rings. The van der Waals surface area contributed by atoms with Crippen LogP contribution in [0.1, 0.15) is 28.7 Å². The topological polar surface area (TPSA) is 84.6 Å². The maximum absolute atomic E-state index is 12.3. The van der Waals surface area contributed by atoms with Gasteiger partial charge in [0.25, 0.3) is 5.91 Å². The summed E-state index contributed by atoms with van der Waals surface area (Å²) >= 11 is 0. The van der Waals surface area contributed by atoms with Gasteiger partial charge in [-0.2, -0.15) is 13.2 Å². The number of rotatable bonds is 5. The fraction of sp³-hybridized carbons (Fsp3) is 0.333. The molecule has 130 valence electrons. The number of ether oxygens (including phenoxy) is 1. The predicted molar refractivity (Wildman–Crippen MR) is 78.2 cm³/mol. The number of hydrogen-bond acceptors (Lipinski definition) is 5. The maximum Gasteiger partial charge on any atom is 0.422 e. The Kier molecular flexibility index (Phi) is 5.01.